The Morgan fingerprint density at radius 1 is 0.364 bits per heavy atom. The number of aromatic hydroxyl groups is 2. The number of carbonyl (C=O) groups is 21. The van der Waals surface area contributed by atoms with Crippen LogP contribution in [0.2, 0.25) is 0 Å². The molecule has 50 nitrogen and oxygen atoms in total. The van der Waals surface area contributed by atoms with Gasteiger partial charge in [-0.25, -0.2) is 4.79 Å². The topological polar surface area (TPSA) is 847 Å². The lowest BCUT2D eigenvalue weighted by molar-refractivity contribution is -0.144. The smallest absolute Gasteiger partial charge is 0.326 e. The molecule has 2 aromatic rings. The van der Waals surface area contributed by atoms with Crippen LogP contribution in [-0.2, 0) is 114 Å². The van der Waals surface area contributed by atoms with Crippen LogP contribution in [0.25, 0.3) is 0 Å². The number of hydrogen-bond acceptors (Lipinski definition) is 28. The van der Waals surface area contributed by atoms with E-state index in [2.05, 4.69) is 85.1 Å². The maximum atomic E-state index is 14.6. The van der Waals surface area contributed by atoms with E-state index in [1.54, 1.807) is 20.1 Å². The number of aliphatic carboxylic acids is 3. The number of carboxylic acid groups (broad SMARTS) is 3. The van der Waals surface area contributed by atoms with Gasteiger partial charge in [-0.2, -0.15) is 11.8 Å². The molecule has 0 bridgehead atoms. The molecule has 129 heavy (non-hydrogen) atoms. The van der Waals surface area contributed by atoms with Crippen LogP contribution in [0.4, 0.5) is 0 Å². The third-order valence-corrected chi connectivity index (χ3v) is 19.6. The largest absolute Gasteiger partial charge is 0.508 e. The molecule has 18 amide bonds. The van der Waals surface area contributed by atoms with Gasteiger partial charge in [0.25, 0.3) is 0 Å². The molecular formula is C78H120N22O28S. The highest BCUT2D eigenvalue weighted by molar-refractivity contribution is 7.98. The average molecular weight is 1850 g/mol. The lowest BCUT2D eigenvalue weighted by atomic mass is 10.0. The summed E-state index contributed by atoms with van der Waals surface area (Å²) in [6, 6.07) is -17.1. The number of hydrogen-bond donors (Lipinski definition) is 29. The Balaban J connectivity index is 2.49. The first kappa shape index (κ1) is 111. The molecule has 0 radical (unpaired) electrons. The standard InChI is InChI=1S/C78H120N22O28S/c1-35(2)28-49(93-62(112)37(5)79)69(119)97-53(32-58(82)107)73(123)99-55(34-102)75(125)100-61(36(3)4)76(126)87-39(7)64(114)94-50(29-40-11-15-42(103)16-12-40)70(120)91-46(20-23-59(108)109)66(116)89-44(10-9-26-85-78(83)84)65(115)98-54(33-101)74(124)86-38(6)63(113)88-47(25-27-129-8)68(118)90-45(19-22-56(80)105)67(117)96-52(31-57(81)106)72(122)95-51(30-41-13-17-43(104)18-14-41)71(121)92-48(77(127)128)21-24-60(110)111/h11-18,35-39,44-55,61,101-104H,9-10,19-34,79H2,1-8H3,(H2,80,105)(H2,81,106)(H2,82,107)(H,86,124)(H,87,126)(H,88,113)(H,89,116)(H,90,118)(H,91,120)(H,92,121)(H,93,112)(H,94,114)(H,95,122)(H,96,117)(H,97,119)(H,98,115)(H,99,123)(H,100,125)(H,108,109)(H,110,111)(H,127,128)(H4,83,84,85)/t37-,38-,39-,44-,45-,46-,47-,48-,49-,50-,51-,52-,53-,54-,55-,61-/m0/s1. The number of carbonyl (C=O) groups excluding carboxylic acids is 18. The number of primary amides is 3. The van der Waals surface area contributed by atoms with Gasteiger partial charge in [-0.05, 0) is 125 Å². The van der Waals surface area contributed by atoms with Crippen molar-refractivity contribution in [3.63, 3.8) is 0 Å². The van der Waals surface area contributed by atoms with Gasteiger partial charge >= 0.3 is 17.9 Å². The van der Waals surface area contributed by atoms with Crippen molar-refractivity contribution in [3.05, 3.63) is 59.7 Å². The van der Waals surface area contributed by atoms with Crippen molar-refractivity contribution in [1.82, 2.24) is 85.1 Å². The summed E-state index contributed by atoms with van der Waals surface area (Å²) in [6.45, 7) is 7.46. The summed E-state index contributed by atoms with van der Waals surface area (Å²) in [5.41, 5.74) is 27.9. The van der Waals surface area contributed by atoms with E-state index >= 15 is 0 Å². The molecule has 16 atom stereocenters. The number of aliphatic hydroxyl groups excluding tert-OH is 2. The van der Waals surface area contributed by atoms with Gasteiger partial charge in [0.2, 0.25) is 106 Å². The molecule has 0 aliphatic heterocycles. The molecule has 0 aliphatic carbocycles. The monoisotopic (exact) mass is 1840 g/mol. The Morgan fingerprint density at radius 3 is 1.05 bits per heavy atom. The predicted octanol–water partition coefficient (Wildman–Crippen LogP) is -9.92. The van der Waals surface area contributed by atoms with E-state index in [0.717, 1.165) is 13.8 Å². The van der Waals surface area contributed by atoms with Crippen molar-refractivity contribution >= 4 is 142 Å². The number of guanidine groups is 1. The Labute approximate surface area is 744 Å². The van der Waals surface area contributed by atoms with Crippen molar-refractivity contribution in [2.75, 3.05) is 31.8 Å². The first-order chi connectivity index (χ1) is 60.4. The second-order valence-corrected chi connectivity index (χ2v) is 31.7. The van der Waals surface area contributed by atoms with E-state index < -0.39 is 317 Å². The highest BCUT2D eigenvalue weighted by Crippen LogP contribution is 2.17. The van der Waals surface area contributed by atoms with Gasteiger partial charge in [0.1, 0.15) is 102 Å². The molecule has 0 heterocycles. The number of phenols is 2. The molecule has 0 aliphatic rings. The van der Waals surface area contributed by atoms with E-state index in [1.165, 1.54) is 81.1 Å². The quantitative estimate of drug-likeness (QED) is 0.0166. The molecule has 34 N–H and O–H groups in total. The SMILES string of the molecule is CSCC[C@H](NC(=O)[C@H](C)NC(=O)[C@H](CO)NC(=O)[C@H](CCCNC(=N)N)NC(=O)[C@H](CCC(=O)O)NC(=O)[C@H](Cc1ccc(O)cc1)NC(=O)[C@H](C)NC(=O)[C@@H](NC(=O)[C@H](CO)NC(=O)[C@H](CC(N)=O)NC(=O)[C@H](CC(C)C)NC(=O)[C@H](C)N)C(C)C)C(=O)N[C@@H](CCC(N)=O)C(=O)N[C@@H](CC(N)=O)C(=O)N[C@@H](Cc1ccc(O)cc1)C(=O)N[C@@H](CCC(=O)O)C(=O)O. The number of nitrogens with two attached hydrogens (primary N) is 5. The van der Waals surface area contributed by atoms with Gasteiger partial charge in [-0.3, -0.25) is 101 Å². The first-order valence-electron chi connectivity index (χ1n) is 40.6. The lowest BCUT2D eigenvalue weighted by Gasteiger charge is -2.28. The molecule has 0 fully saturated rings. The molecule has 0 saturated heterocycles. The fourth-order valence-electron chi connectivity index (χ4n) is 11.9. The number of rotatable bonds is 60. The fourth-order valence-corrected chi connectivity index (χ4v) is 12.3. The van der Waals surface area contributed by atoms with Gasteiger partial charge in [0.05, 0.1) is 32.1 Å². The summed E-state index contributed by atoms with van der Waals surface area (Å²) in [7, 11) is 0. The van der Waals surface area contributed by atoms with Crippen LogP contribution in [0.5, 0.6) is 11.5 Å². The Bertz CT molecular complexity index is 4280. The van der Waals surface area contributed by atoms with Crippen LogP contribution in [0, 0.1) is 17.2 Å². The second-order valence-electron chi connectivity index (χ2n) is 30.8. The first-order valence-corrected chi connectivity index (χ1v) is 42.0. The molecular weight excluding hydrogens is 1730 g/mol. The minimum absolute atomic E-state index is 0.0456. The third kappa shape index (κ3) is 42.5. The zero-order chi connectivity index (χ0) is 97.8. The highest BCUT2D eigenvalue weighted by Gasteiger charge is 2.40. The maximum absolute atomic E-state index is 14.6. The van der Waals surface area contributed by atoms with Gasteiger partial charge < -0.3 is 149 Å². The Morgan fingerprint density at radius 2 is 0.682 bits per heavy atom. The highest BCUT2D eigenvalue weighted by atomic mass is 32.2. The van der Waals surface area contributed by atoms with E-state index in [0.29, 0.717) is 0 Å². The summed E-state index contributed by atoms with van der Waals surface area (Å²) in [5.74, 6) is -27.1. The Hall–Kier alpha value is -13.6. The van der Waals surface area contributed by atoms with Crippen LogP contribution in [0.3, 0.4) is 0 Å². The molecule has 0 aromatic heterocycles. The van der Waals surface area contributed by atoms with Crippen molar-refractivity contribution in [2.45, 2.75) is 235 Å². The van der Waals surface area contributed by atoms with Gasteiger partial charge in [-0.1, -0.05) is 52.0 Å². The average Bonchev–Trinajstić information content (AvgIpc) is 0.958. The number of carboxylic acids is 3. The number of amides is 18. The summed E-state index contributed by atoms with van der Waals surface area (Å²) in [6.07, 6.45) is -5.98. The van der Waals surface area contributed by atoms with E-state index in [-0.39, 0.29) is 60.1 Å². The fraction of sp³-hybridized carbons (Fsp3) is 0.564. The normalized spacial score (nSPS) is 14.7. The Kier molecular flexibility index (Phi) is 48.8. The summed E-state index contributed by atoms with van der Waals surface area (Å²) >= 11 is 1.17. The van der Waals surface area contributed by atoms with E-state index in [4.69, 9.17) is 34.1 Å². The number of benzene rings is 2. The molecule has 0 spiro atoms. The van der Waals surface area contributed by atoms with Crippen molar-refractivity contribution in [2.24, 2.45) is 40.5 Å². The number of nitrogens with one attached hydrogen (secondary N) is 17. The van der Waals surface area contributed by atoms with Crippen LogP contribution in [-0.4, -0.2) is 294 Å². The zero-order valence-corrected chi connectivity index (χ0v) is 73.1. The van der Waals surface area contributed by atoms with E-state index in [9.17, 15) is 136 Å². The second kappa shape index (κ2) is 56.5. The minimum Gasteiger partial charge on any atom is -0.508 e. The molecule has 0 unspecified atom stereocenters. The number of phenolic OH excluding ortho intramolecular Hbond substituents is 2. The van der Waals surface area contributed by atoms with E-state index in [1.807, 2.05) is 0 Å². The van der Waals surface area contributed by atoms with Crippen molar-refractivity contribution in [1.29, 1.82) is 5.41 Å². The third-order valence-electron chi connectivity index (χ3n) is 18.9. The summed E-state index contributed by atoms with van der Waals surface area (Å²) < 4.78 is 0. The minimum atomic E-state index is -2.00. The van der Waals surface area contributed by atoms with Gasteiger partial charge in [0, 0.05) is 38.6 Å². The van der Waals surface area contributed by atoms with Crippen molar-refractivity contribution in [3.8, 4) is 11.5 Å². The predicted molar refractivity (Wildman–Crippen MR) is 456 cm³/mol. The summed E-state index contributed by atoms with van der Waals surface area (Å²) in [4.78, 5) is 281. The summed E-state index contributed by atoms with van der Waals surface area (Å²) in [5, 5.41) is 114. The maximum Gasteiger partial charge on any atom is 0.326 e. The van der Waals surface area contributed by atoms with Crippen molar-refractivity contribution < 1.29 is 136 Å². The van der Waals surface area contributed by atoms with Gasteiger partial charge in [0.15, 0.2) is 5.96 Å². The molecule has 2 rings (SSSR count). The van der Waals surface area contributed by atoms with Gasteiger partial charge in [-0.15, -0.1) is 0 Å². The molecule has 0 saturated carbocycles. The number of aliphatic hydroxyl groups is 2. The lowest BCUT2D eigenvalue weighted by Crippen LogP contribution is -2.62. The van der Waals surface area contributed by atoms with Crippen LogP contribution >= 0.6 is 11.8 Å². The molecule has 51 heteroatoms. The van der Waals surface area contributed by atoms with Crippen LogP contribution in [0.15, 0.2) is 48.5 Å². The zero-order valence-electron chi connectivity index (χ0n) is 72.2. The molecule has 2 aromatic carbocycles. The van der Waals surface area contributed by atoms with Crippen LogP contribution < -0.4 is 114 Å². The van der Waals surface area contributed by atoms with Crippen LogP contribution in [0.1, 0.15) is 137 Å². The number of thioether (sulfide) groups is 1. The molecule has 716 valence electrons.